The van der Waals surface area contributed by atoms with E-state index in [1.165, 1.54) is 11.1 Å². The minimum absolute atomic E-state index is 0.0777. The Morgan fingerprint density at radius 3 is 2.84 bits per heavy atom. The summed E-state index contributed by atoms with van der Waals surface area (Å²) >= 11 is 0. The molecule has 1 aliphatic rings. The second-order valence-corrected chi connectivity index (χ2v) is 4.68. The summed E-state index contributed by atoms with van der Waals surface area (Å²) in [7, 11) is 0. The normalized spacial score (nSPS) is 15.4. The smallest absolute Gasteiger partial charge is 0.289 e. The fourth-order valence-corrected chi connectivity index (χ4v) is 2.09. The SMILES string of the molecule is NC(=NCC(F)(F)CO)Nc1ccc2c(c1)CCC2. The van der Waals surface area contributed by atoms with Gasteiger partial charge in [-0.15, -0.1) is 0 Å². The lowest BCUT2D eigenvalue weighted by Gasteiger charge is -2.11. The molecule has 104 valence electrons. The number of nitrogens with two attached hydrogens (primary N) is 1. The van der Waals surface area contributed by atoms with Gasteiger partial charge in [0.05, 0.1) is 0 Å². The Morgan fingerprint density at radius 2 is 2.11 bits per heavy atom. The molecule has 0 aromatic heterocycles. The number of benzene rings is 1. The van der Waals surface area contributed by atoms with Crippen LogP contribution in [0.25, 0.3) is 0 Å². The summed E-state index contributed by atoms with van der Waals surface area (Å²) in [5.74, 6) is -3.31. The number of hydrogen-bond donors (Lipinski definition) is 3. The molecule has 1 aliphatic carbocycles. The van der Waals surface area contributed by atoms with Crippen LogP contribution in [0.3, 0.4) is 0 Å². The highest BCUT2D eigenvalue weighted by Gasteiger charge is 2.27. The predicted molar refractivity (Wildman–Crippen MR) is 70.6 cm³/mol. The molecule has 6 heteroatoms. The Labute approximate surface area is 110 Å². The number of nitrogens with zero attached hydrogens (tertiary/aromatic N) is 1. The highest BCUT2D eigenvalue weighted by atomic mass is 19.3. The van der Waals surface area contributed by atoms with Crippen molar-refractivity contribution in [1.82, 2.24) is 0 Å². The second kappa shape index (κ2) is 5.52. The van der Waals surface area contributed by atoms with Crippen LogP contribution < -0.4 is 11.1 Å². The summed E-state index contributed by atoms with van der Waals surface area (Å²) in [6.45, 7) is -2.06. The van der Waals surface area contributed by atoms with Crippen molar-refractivity contribution in [3.05, 3.63) is 29.3 Å². The van der Waals surface area contributed by atoms with E-state index in [0.29, 0.717) is 0 Å². The number of hydrogen-bond acceptors (Lipinski definition) is 2. The van der Waals surface area contributed by atoms with Gasteiger partial charge in [0.1, 0.15) is 13.2 Å². The molecule has 0 saturated heterocycles. The van der Waals surface area contributed by atoms with Crippen molar-refractivity contribution in [2.24, 2.45) is 10.7 Å². The summed E-state index contributed by atoms with van der Waals surface area (Å²) in [4.78, 5) is 3.53. The van der Waals surface area contributed by atoms with Gasteiger partial charge in [0.15, 0.2) is 5.96 Å². The molecule has 19 heavy (non-hydrogen) atoms. The molecule has 0 unspecified atom stereocenters. The summed E-state index contributed by atoms with van der Waals surface area (Å²) in [5, 5.41) is 11.2. The van der Waals surface area contributed by atoms with Crippen LogP contribution >= 0.6 is 0 Å². The molecule has 0 atom stereocenters. The van der Waals surface area contributed by atoms with Gasteiger partial charge >= 0.3 is 0 Å². The van der Waals surface area contributed by atoms with Crippen molar-refractivity contribution in [2.45, 2.75) is 25.2 Å². The van der Waals surface area contributed by atoms with E-state index in [1.807, 2.05) is 18.2 Å². The van der Waals surface area contributed by atoms with E-state index < -0.39 is 19.1 Å². The molecule has 1 aromatic rings. The van der Waals surface area contributed by atoms with Gasteiger partial charge in [-0.2, -0.15) is 0 Å². The zero-order chi connectivity index (χ0) is 13.9. The van der Waals surface area contributed by atoms with Gasteiger partial charge in [-0.3, -0.25) is 0 Å². The number of aliphatic imine (C=N–C) groups is 1. The topological polar surface area (TPSA) is 70.6 Å². The van der Waals surface area contributed by atoms with E-state index in [-0.39, 0.29) is 5.96 Å². The van der Waals surface area contributed by atoms with Crippen molar-refractivity contribution >= 4 is 11.6 Å². The molecule has 0 radical (unpaired) electrons. The first-order valence-electron chi connectivity index (χ1n) is 6.17. The zero-order valence-corrected chi connectivity index (χ0v) is 10.5. The van der Waals surface area contributed by atoms with Crippen molar-refractivity contribution in [3.8, 4) is 0 Å². The van der Waals surface area contributed by atoms with Crippen molar-refractivity contribution in [2.75, 3.05) is 18.5 Å². The van der Waals surface area contributed by atoms with Crippen molar-refractivity contribution < 1.29 is 13.9 Å². The molecule has 4 nitrogen and oxygen atoms in total. The first-order chi connectivity index (χ1) is 9.00. The molecule has 2 rings (SSSR count). The summed E-state index contributed by atoms with van der Waals surface area (Å²) in [6.07, 6.45) is 3.26. The molecule has 0 bridgehead atoms. The maximum Gasteiger partial charge on any atom is 0.289 e. The molecular formula is C13H17F2N3O. The van der Waals surface area contributed by atoms with Crippen LogP contribution in [-0.2, 0) is 12.8 Å². The van der Waals surface area contributed by atoms with Crippen molar-refractivity contribution in [3.63, 3.8) is 0 Å². The molecule has 0 aliphatic heterocycles. The minimum Gasteiger partial charge on any atom is -0.390 e. The lowest BCUT2D eigenvalue weighted by Crippen LogP contribution is -2.29. The summed E-state index contributed by atoms with van der Waals surface area (Å²) < 4.78 is 25.6. The van der Waals surface area contributed by atoms with Crippen LogP contribution in [0.5, 0.6) is 0 Å². The second-order valence-electron chi connectivity index (χ2n) is 4.68. The number of aliphatic hydroxyl groups excluding tert-OH is 1. The number of alkyl halides is 2. The maximum atomic E-state index is 12.8. The third-order valence-electron chi connectivity index (χ3n) is 3.08. The molecule has 4 N–H and O–H groups in total. The fraction of sp³-hybridized carbons (Fsp3) is 0.462. The number of nitrogens with one attached hydrogen (secondary N) is 1. The van der Waals surface area contributed by atoms with Crippen LogP contribution in [0.4, 0.5) is 14.5 Å². The Kier molecular flexibility index (Phi) is 3.99. The molecule has 1 aromatic carbocycles. The Morgan fingerprint density at radius 1 is 1.37 bits per heavy atom. The van der Waals surface area contributed by atoms with Crippen LogP contribution in [0, 0.1) is 0 Å². The monoisotopic (exact) mass is 269 g/mol. The summed E-state index contributed by atoms with van der Waals surface area (Å²) in [6, 6.07) is 5.84. The van der Waals surface area contributed by atoms with Crippen LogP contribution in [-0.4, -0.2) is 30.1 Å². The minimum atomic E-state index is -3.23. The van der Waals surface area contributed by atoms with Gasteiger partial charge in [-0.1, -0.05) is 6.07 Å². The van der Waals surface area contributed by atoms with E-state index in [2.05, 4.69) is 10.3 Å². The number of aliphatic hydroxyl groups is 1. The van der Waals surface area contributed by atoms with Gasteiger partial charge < -0.3 is 16.2 Å². The van der Waals surface area contributed by atoms with Gasteiger partial charge in [0.2, 0.25) is 0 Å². The standard InChI is InChI=1S/C13H17F2N3O/c14-13(15,8-19)7-17-12(16)18-11-5-4-9-2-1-3-10(9)6-11/h4-6,19H,1-3,7-8H2,(H3,16,17,18). The number of guanidine groups is 1. The van der Waals surface area contributed by atoms with E-state index in [4.69, 9.17) is 10.8 Å². The Bertz CT molecular complexity index is 489. The predicted octanol–water partition coefficient (Wildman–Crippen LogP) is 1.53. The van der Waals surface area contributed by atoms with E-state index >= 15 is 0 Å². The van der Waals surface area contributed by atoms with Crippen molar-refractivity contribution in [1.29, 1.82) is 0 Å². The quantitative estimate of drug-likeness (QED) is 0.573. The molecular weight excluding hydrogens is 252 g/mol. The van der Waals surface area contributed by atoms with Gasteiger partial charge in [0, 0.05) is 5.69 Å². The highest BCUT2D eigenvalue weighted by Crippen LogP contribution is 2.24. The number of anilines is 1. The average molecular weight is 269 g/mol. The zero-order valence-electron chi connectivity index (χ0n) is 10.5. The van der Waals surface area contributed by atoms with E-state index in [0.717, 1.165) is 24.9 Å². The Balaban J connectivity index is 1.99. The van der Waals surface area contributed by atoms with Gasteiger partial charge in [0.25, 0.3) is 5.92 Å². The highest BCUT2D eigenvalue weighted by molar-refractivity contribution is 5.92. The third kappa shape index (κ3) is 3.64. The number of rotatable bonds is 4. The molecule has 0 heterocycles. The molecule has 0 saturated carbocycles. The third-order valence-corrected chi connectivity index (χ3v) is 3.08. The maximum absolute atomic E-state index is 12.8. The van der Waals surface area contributed by atoms with Gasteiger partial charge in [-0.25, -0.2) is 13.8 Å². The molecule has 0 fully saturated rings. The van der Waals surface area contributed by atoms with E-state index in [1.54, 1.807) is 0 Å². The van der Waals surface area contributed by atoms with Crippen LogP contribution in [0.15, 0.2) is 23.2 Å². The fourth-order valence-electron chi connectivity index (χ4n) is 2.09. The first kappa shape index (κ1) is 13.7. The largest absolute Gasteiger partial charge is 0.390 e. The van der Waals surface area contributed by atoms with Crippen LogP contribution in [0.2, 0.25) is 0 Å². The summed E-state index contributed by atoms with van der Waals surface area (Å²) in [5.41, 5.74) is 8.87. The van der Waals surface area contributed by atoms with Gasteiger partial charge in [-0.05, 0) is 42.5 Å². The lowest BCUT2D eigenvalue weighted by molar-refractivity contribution is -0.0404. The number of fused-ring (bicyclic) bond motifs is 1. The average Bonchev–Trinajstić information content (AvgIpc) is 2.84. The van der Waals surface area contributed by atoms with Crippen LogP contribution in [0.1, 0.15) is 17.5 Å². The Hall–Kier alpha value is -1.69. The first-order valence-corrected chi connectivity index (χ1v) is 6.17. The number of halogens is 2. The van der Waals surface area contributed by atoms with E-state index in [9.17, 15) is 8.78 Å². The molecule has 0 spiro atoms. The lowest BCUT2D eigenvalue weighted by atomic mass is 10.1. The number of aryl methyl sites for hydroxylation is 2. The molecule has 0 amide bonds.